The second-order valence-corrected chi connectivity index (χ2v) is 10.5. The number of benzene rings is 2. The molecule has 2 aliphatic heterocycles. The zero-order valence-electron chi connectivity index (χ0n) is 19.4. The Morgan fingerprint density at radius 3 is 2.42 bits per heavy atom. The normalized spacial score (nSPS) is 23.5. The van der Waals surface area contributed by atoms with Crippen LogP contribution in [0.25, 0.3) is 0 Å². The van der Waals surface area contributed by atoms with E-state index in [1.807, 2.05) is 80.3 Å². The molecule has 2 aromatic carbocycles. The molecule has 0 spiro atoms. The van der Waals surface area contributed by atoms with Crippen LogP contribution in [0.4, 0.5) is 4.79 Å². The van der Waals surface area contributed by atoms with E-state index >= 15 is 0 Å². The summed E-state index contributed by atoms with van der Waals surface area (Å²) in [7, 11) is 0. The fourth-order valence-electron chi connectivity index (χ4n) is 4.65. The average Bonchev–Trinajstić information content (AvgIpc) is 3.24. The van der Waals surface area contributed by atoms with Crippen LogP contribution in [0.2, 0.25) is 0 Å². The molecule has 2 saturated heterocycles. The van der Waals surface area contributed by atoms with Crippen molar-refractivity contribution in [3.05, 3.63) is 70.2 Å². The van der Waals surface area contributed by atoms with E-state index in [0.717, 1.165) is 15.6 Å². The van der Waals surface area contributed by atoms with Crippen molar-refractivity contribution in [2.75, 3.05) is 32.8 Å². The van der Waals surface area contributed by atoms with Gasteiger partial charge in [-0.05, 0) is 38.0 Å². The topological polar surface area (TPSA) is 59.1 Å². The summed E-state index contributed by atoms with van der Waals surface area (Å²) < 4.78 is 12.3. The quantitative estimate of drug-likeness (QED) is 0.578. The number of ether oxygens (including phenoxy) is 2. The van der Waals surface area contributed by atoms with Crippen LogP contribution in [0.15, 0.2) is 59.1 Å². The molecule has 0 bridgehead atoms. The smallest absolute Gasteiger partial charge is 0.410 e. The van der Waals surface area contributed by atoms with Gasteiger partial charge >= 0.3 is 6.09 Å². The number of amides is 2. The third-order valence-electron chi connectivity index (χ3n) is 6.19. The molecule has 0 aliphatic carbocycles. The molecule has 0 radical (unpaired) electrons. The van der Waals surface area contributed by atoms with E-state index < -0.39 is 5.60 Å². The second kappa shape index (κ2) is 9.85. The number of morpholine rings is 1. The first-order valence-electron chi connectivity index (χ1n) is 11.4. The summed E-state index contributed by atoms with van der Waals surface area (Å²) in [6.07, 6.45) is -0.378. The molecule has 0 saturated carbocycles. The van der Waals surface area contributed by atoms with E-state index in [1.54, 1.807) is 4.90 Å². The van der Waals surface area contributed by atoms with Crippen LogP contribution in [-0.4, -0.2) is 60.2 Å². The number of hydrogen-bond donors (Lipinski definition) is 0. The molecule has 2 fully saturated rings. The number of rotatable bonds is 3. The van der Waals surface area contributed by atoms with Crippen molar-refractivity contribution >= 4 is 27.9 Å². The Labute approximate surface area is 204 Å². The highest BCUT2D eigenvalue weighted by Crippen LogP contribution is 2.39. The van der Waals surface area contributed by atoms with Gasteiger partial charge in [0.05, 0.1) is 25.2 Å². The lowest BCUT2D eigenvalue weighted by atomic mass is 9.87. The van der Waals surface area contributed by atoms with Gasteiger partial charge in [0.1, 0.15) is 5.60 Å². The van der Waals surface area contributed by atoms with Gasteiger partial charge in [0.15, 0.2) is 0 Å². The molecule has 0 N–H and O–H groups in total. The Balaban J connectivity index is 1.64. The van der Waals surface area contributed by atoms with E-state index in [-0.39, 0.29) is 29.9 Å². The number of halogens is 1. The molecule has 3 unspecified atom stereocenters. The minimum atomic E-state index is -0.593. The maximum Gasteiger partial charge on any atom is 0.410 e. The van der Waals surface area contributed by atoms with Crippen molar-refractivity contribution in [2.24, 2.45) is 5.92 Å². The molecule has 2 amide bonds. The summed E-state index contributed by atoms with van der Waals surface area (Å²) in [6, 6.07) is 17.8. The first kappa shape index (κ1) is 23.8. The summed E-state index contributed by atoms with van der Waals surface area (Å²) in [5.74, 6) is -0.431. The third kappa shape index (κ3) is 5.41. The van der Waals surface area contributed by atoms with Crippen LogP contribution in [0, 0.1) is 5.92 Å². The number of likely N-dealkylation sites (tertiary alicyclic amines) is 1. The molecule has 176 valence electrons. The van der Waals surface area contributed by atoms with Gasteiger partial charge in [0.25, 0.3) is 0 Å². The number of nitrogens with zero attached hydrogens (tertiary/aromatic N) is 2. The molecule has 2 aromatic rings. The van der Waals surface area contributed by atoms with Crippen LogP contribution >= 0.6 is 15.9 Å². The van der Waals surface area contributed by atoms with E-state index in [0.29, 0.717) is 32.8 Å². The fraction of sp³-hybridized carbons (Fsp3) is 0.462. The van der Waals surface area contributed by atoms with Gasteiger partial charge in [-0.2, -0.15) is 0 Å². The molecule has 4 rings (SSSR count). The lowest BCUT2D eigenvalue weighted by Crippen LogP contribution is -2.47. The van der Waals surface area contributed by atoms with Crippen molar-refractivity contribution in [3.8, 4) is 0 Å². The first-order valence-corrected chi connectivity index (χ1v) is 12.2. The predicted octanol–water partition coefficient (Wildman–Crippen LogP) is 5.00. The Bertz CT molecular complexity index is 991. The highest BCUT2D eigenvalue weighted by atomic mass is 79.9. The molecular formula is C26H31BrN2O4. The van der Waals surface area contributed by atoms with E-state index in [2.05, 4.69) is 15.9 Å². The van der Waals surface area contributed by atoms with Crippen molar-refractivity contribution in [2.45, 2.75) is 38.3 Å². The lowest BCUT2D eigenvalue weighted by Gasteiger charge is -2.38. The van der Waals surface area contributed by atoms with Gasteiger partial charge in [0.2, 0.25) is 5.91 Å². The van der Waals surface area contributed by atoms with Crippen molar-refractivity contribution in [3.63, 3.8) is 0 Å². The SMILES string of the molecule is CC(C)(C)OC(=O)N1CC(C(=O)N2CCOCC2c2ccccc2)C(c2ccccc2Br)C1. The molecule has 2 aliphatic rings. The molecule has 7 heteroatoms. The largest absolute Gasteiger partial charge is 0.444 e. The van der Waals surface area contributed by atoms with Gasteiger partial charge in [-0.25, -0.2) is 4.79 Å². The van der Waals surface area contributed by atoms with Crippen LogP contribution < -0.4 is 0 Å². The molecule has 2 heterocycles. The zero-order valence-corrected chi connectivity index (χ0v) is 21.0. The number of carbonyl (C=O) groups is 2. The highest BCUT2D eigenvalue weighted by Gasteiger charge is 2.45. The highest BCUT2D eigenvalue weighted by molar-refractivity contribution is 9.10. The van der Waals surface area contributed by atoms with E-state index in [4.69, 9.17) is 9.47 Å². The van der Waals surface area contributed by atoms with Crippen LogP contribution in [-0.2, 0) is 14.3 Å². The summed E-state index contributed by atoms with van der Waals surface area (Å²) in [5.41, 5.74) is 1.50. The molecule has 33 heavy (non-hydrogen) atoms. The minimum Gasteiger partial charge on any atom is -0.444 e. The number of carbonyl (C=O) groups excluding carboxylic acids is 2. The first-order chi connectivity index (χ1) is 15.7. The van der Waals surface area contributed by atoms with E-state index in [9.17, 15) is 9.59 Å². The predicted molar refractivity (Wildman–Crippen MR) is 130 cm³/mol. The van der Waals surface area contributed by atoms with E-state index in [1.165, 1.54) is 0 Å². The number of hydrogen-bond acceptors (Lipinski definition) is 4. The second-order valence-electron chi connectivity index (χ2n) is 9.65. The van der Waals surface area contributed by atoms with Crippen LogP contribution in [0.3, 0.4) is 0 Å². The van der Waals surface area contributed by atoms with Gasteiger partial charge < -0.3 is 19.3 Å². The standard InChI is InChI=1S/C26H31BrN2O4/c1-26(2,3)33-25(31)28-15-20(19-11-7-8-12-22(19)27)21(16-28)24(30)29-13-14-32-17-23(29)18-9-5-4-6-10-18/h4-12,20-21,23H,13-17H2,1-3H3. The maximum atomic E-state index is 14.0. The summed E-state index contributed by atoms with van der Waals surface area (Å²) in [5, 5.41) is 0. The van der Waals surface area contributed by atoms with Crippen LogP contribution in [0.5, 0.6) is 0 Å². The van der Waals surface area contributed by atoms with Gasteiger partial charge in [-0.15, -0.1) is 0 Å². The Morgan fingerprint density at radius 1 is 1.03 bits per heavy atom. The Hall–Kier alpha value is -2.38. The Morgan fingerprint density at radius 2 is 1.73 bits per heavy atom. The molecule has 3 atom stereocenters. The van der Waals surface area contributed by atoms with Crippen molar-refractivity contribution < 1.29 is 19.1 Å². The molecular weight excluding hydrogens is 484 g/mol. The molecule has 0 aromatic heterocycles. The summed E-state index contributed by atoms with van der Waals surface area (Å²) >= 11 is 3.65. The van der Waals surface area contributed by atoms with Gasteiger partial charge in [-0.1, -0.05) is 64.5 Å². The minimum absolute atomic E-state index is 0.0546. The van der Waals surface area contributed by atoms with Gasteiger partial charge in [-0.3, -0.25) is 4.79 Å². The third-order valence-corrected chi connectivity index (χ3v) is 6.91. The Kier molecular flexibility index (Phi) is 7.10. The monoisotopic (exact) mass is 514 g/mol. The maximum absolute atomic E-state index is 14.0. The summed E-state index contributed by atoms with van der Waals surface area (Å²) in [4.78, 5) is 30.5. The van der Waals surface area contributed by atoms with Gasteiger partial charge in [0, 0.05) is 30.0 Å². The summed E-state index contributed by atoms with van der Waals surface area (Å²) in [6.45, 7) is 7.85. The van der Waals surface area contributed by atoms with Crippen LogP contribution in [0.1, 0.15) is 43.9 Å². The van der Waals surface area contributed by atoms with Crippen molar-refractivity contribution in [1.82, 2.24) is 9.80 Å². The zero-order chi connectivity index (χ0) is 23.6. The molecule has 6 nitrogen and oxygen atoms in total. The fourth-order valence-corrected chi connectivity index (χ4v) is 5.23. The average molecular weight is 515 g/mol. The lowest BCUT2D eigenvalue weighted by molar-refractivity contribution is -0.144. The van der Waals surface area contributed by atoms with Crippen molar-refractivity contribution in [1.29, 1.82) is 0 Å².